The van der Waals surface area contributed by atoms with E-state index in [-0.39, 0.29) is 11.7 Å². The van der Waals surface area contributed by atoms with Crippen LogP contribution in [0.4, 0.5) is 0 Å². The fourth-order valence-electron chi connectivity index (χ4n) is 3.66. The molecule has 1 aliphatic rings. The lowest BCUT2D eigenvalue weighted by Gasteiger charge is -2.20. The number of Topliss-reactive ketones (excluding diaryl/α,β-unsaturated/α-hetero) is 1. The Labute approximate surface area is 154 Å². The summed E-state index contributed by atoms with van der Waals surface area (Å²) in [6, 6.07) is 19.7. The molecule has 3 heteroatoms. The van der Waals surface area contributed by atoms with E-state index in [0.29, 0.717) is 6.61 Å². The molecule has 132 valence electrons. The Morgan fingerprint density at radius 3 is 2.50 bits per heavy atom. The van der Waals surface area contributed by atoms with Crippen molar-refractivity contribution < 1.29 is 9.53 Å². The van der Waals surface area contributed by atoms with Crippen LogP contribution in [-0.4, -0.2) is 10.8 Å². The summed E-state index contributed by atoms with van der Waals surface area (Å²) >= 11 is 0. The van der Waals surface area contributed by atoms with Gasteiger partial charge in [0, 0.05) is 16.9 Å². The molecule has 0 saturated heterocycles. The number of fused-ring (bicyclic) bond motifs is 1. The molecule has 0 atom stereocenters. The van der Waals surface area contributed by atoms with Crippen molar-refractivity contribution in [3.63, 3.8) is 0 Å². The topological polar surface area (TPSA) is 39.2 Å². The summed E-state index contributed by atoms with van der Waals surface area (Å²) in [6.45, 7) is 0.417. The minimum absolute atomic E-state index is 0.206. The van der Waals surface area contributed by atoms with Gasteiger partial charge in [-0.2, -0.15) is 0 Å². The van der Waals surface area contributed by atoms with Crippen LogP contribution < -0.4 is 4.74 Å². The smallest absolute Gasteiger partial charge is 0.165 e. The predicted octanol–water partition coefficient (Wildman–Crippen LogP) is 5.58. The molecule has 0 unspecified atom stereocenters. The number of hydrogen-bond acceptors (Lipinski definition) is 3. The van der Waals surface area contributed by atoms with Gasteiger partial charge in [-0.3, -0.25) is 4.79 Å². The molecular formula is C23H23NO2. The molecule has 0 amide bonds. The minimum Gasteiger partial charge on any atom is -0.487 e. The number of benzene rings is 2. The van der Waals surface area contributed by atoms with Crippen molar-refractivity contribution in [2.24, 2.45) is 5.92 Å². The first kappa shape index (κ1) is 16.8. The summed E-state index contributed by atoms with van der Waals surface area (Å²) < 4.78 is 5.85. The Hall–Kier alpha value is -2.68. The van der Waals surface area contributed by atoms with E-state index in [0.717, 1.165) is 40.8 Å². The van der Waals surface area contributed by atoms with Gasteiger partial charge in [-0.25, -0.2) is 4.98 Å². The van der Waals surface area contributed by atoms with Gasteiger partial charge < -0.3 is 4.74 Å². The van der Waals surface area contributed by atoms with Crippen LogP contribution in [0.15, 0.2) is 60.7 Å². The monoisotopic (exact) mass is 345 g/mol. The summed E-state index contributed by atoms with van der Waals surface area (Å²) in [5.74, 6) is 1.25. The molecule has 0 bridgehead atoms. The second-order valence-electron chi connectivity index (χ2n) is 7.01. The van der Waals surface area contributed by atoms with E-state index < -0.39 is 0 Å². The van der Waals surface area contributed by atoms with E-state index in [9.17, 15) is 4.79 Å². The normalized spacial score (nSPS) is 15.1. The lowest BCUT2D eigenvalue weighted by atomic mass is 9.84. The number of ketones is 1. The van der Waals surface area contributed by atoms with Crippen molar-refractivity contribution in [2.75, 3.05) is 0 Å². The van der Waals surface area contributed by atoms with Crippen LogP contribution in [-0.2, 0) is 6.61 Å². The third kappa shape index (κ3) is 3.77. The van der Waals surface area contributed by atoms with Crippen LogP contribution in [0.1, 0.15) is 48.2 Å². The number of pyridine rings is 1. The van der Waals surface area contributed by atoms with Gasteiger partial charge in [-0.05, 0) is 49.2 Å². The lowest BCUT2D eigenvalue weighted by Crippen LogP contribution is -2.17. The van der Waals surface area contributed by atoms with Gasteiger partial charge in [0.2, 0.25) is 0 Å². The maximum Gasteiger partial charge on any atom is 0.165 e. The fraction of sp³-hybridized carbons (Fsp3) is 0.304. The molecule has 26 heavy (non-hydrogen) atoms. The maximum absolute atomic E-state index is 12.6. The third-order valence-corrected chi connectivity index (χ3v) is 5.16. The first-order chi connectivity index (χ1) is 12.8. The Bertz CT molecular complexity index is 895. The molecule has 1 saturated carbocycles. The molecule has 1 fully saturated rings. The van der Waals surface area contributed by atoms with Crippen LogP contribution >= 0.6 is 0 Å². The van der Waals surface area contributed by atoms with E-state index >= 15 is 0 Å². The summed E-state index contributed by atoms with van der Waals surface area (Å²) in [6.07, 6.45) is 5.68. The first-order valence-corrected chi connectivity index (χ1v) is 9.41. The first-order valence-electron chi connectivity index (χ1n) is 9.41. The van der Waals surface area contributed by atoms with Crippen LogP contribution in [0.3, 0.4) is 0 Å². The van der Waals surface area contributed by atoms with Gasteiger partial charge >= 0.3 is 0 Å². The second-order valence-corrected chi connectivity index (χ2v) is 7.01. The summed E-state index contributed by atoms with van der Waals surface area (Å²) in [5.41, 5.74) is 2.67. The molecule has 0 radical (unpaired) electrons. The number of carbonyl (C=O) groups excluding carboxylic acids is 1. The van der Waals surface area contributed by atoms with Gasteiger partial charge in [-0.1, -0.05) is 43.5 Å². The highest BCUT2D eigenvalue weighted by Crippen LogP contribution is 2.27. The standard InChI is InChI=1S/C23H23NO2/c25-23(18-7-2-1-3-8-18)19-11-14-21(15-12-19)26-16-20-13-10-17-6-4-5-9-22(17)24-20/h4-6,9-15,18H,1-3,7-8,16H2. The molecule has 0 spiro atoms. The number of hydrogen-bond donors (Lipinski definition) is 0. The Morgan fingerprint density at radius 1 is 0.923 bits per heavy atom. The highest BCUT2D eigenvalue weighted by atomic mass is 16.5. The van der Waals surface area contributed by atoms with Crippen LogP contribution in [0.25, 0.3) is 10.9 Å². The third-order valence-electron chi connectivity index (χ3n) is 5.16. The number of aromatic nitrogens is 1. The molecule has 1 aliphatic carbocycles. The van der Waals surface area contributed by atoms with E-state index in [1.807, 2.05) is 48.5 Å². The van der Waals surface area contributed by atoms with Gasteiger partial charge in [0.05, 0.1) is 11.2 Å². The van der Waals surface area contributed by atoms with Crippen molar-refractivity contribution in [1.82, 2.24) is 4.98 Å². The molecule has 1 aromatic heterocycles. The number of rotatable bonds is 5. The summed E-state index contributed by atoms with van der Waals surface area (Å²) in [4.78, 5) is 17.2. The van der Waals surface area contributed by atoms with Crippen LogP contribution in [0, 0.1) is 5.92 Å². The van der Waals surface area contributed by atoms with E-state index in [1.54, 1.807) is 0 Å². The molecule has 0 aliphatic heterocycles. The molecule has 1 heterocycles. The number of para-hydroxylation sites is 1. The minimum atomic E-state index is 0.206. The average Bonchev–Trinajstić information content (AvgIpc) is 2.72. The zero-order valence-corrected chi connectivity index (χ0v) is 14.9. The fourth-order valence-corrected chi connectivity index (χ4v) is 3.66. The van der Waals surface area contributed by atoms with Crippen molar-refractivity contribution in [3.05, 3.63) is 71.9 Å². The zero-order chi connectivity index (χ0) is 17.8. The largest absolute Gasteiger partial charge is 0.487 e. The Kier molecular flexibility index (Phi) is 4.96. The number of ether oxygens (including phenoxy) is 1. The van der Waals surface area contributed by atoms with Gasteiger partial charge in [0.25, 0.3) is 0 Å². The van der Waals surface area contributed by atoms with Crippen molar-refractivity contribution >= 4 is 16.7 Å². The molecular weight excluding hydrogens is 322 g/mol. The molecule has 4 rings (SSSR count). The molecule has 2 aromatic carbocycles. The highest BCUT2D eigenvalue weighted by molar-refractivity contribution is 5.98. The Balaban J connectivity index is 1.39. The van der Waals surface area contributed by atoms with Gasteiger partial charge in [-0.15, -0.1) is 0 Å². The predicted molar refractivity (Wildman–Crippen MR) is 103 cm³/mol. The zero-order valence-electron chi connectivity index (χ0n) is 14.9. The van der Waals surface area contributed by atoms with Gasteiger partial charge in [0.1, 0.15) is 12.4 Å². The van der Waals surface area contributed by atoms with Crippen molar-refractivity contribution in [3.8, 4) is 5.75 Å². The van der Waals surface area contributed by atoms with Crippen molar-refractivity contribution in [2.45, 2.75) is 38.7 Å². The number of nitrogens with zero attached hydrogens (tertiary/aromatic N) is 1. The van der Waals surface area contributed by atoms with Crippen molar-refractivity contribution in [1.29, 1.82) is 0 Å². The van der Waals surface area contributed by atoms with E-state index in [2.05, 4.69) is 17.1 Å². The highest BCUT2D eigenvalue weighted by Gasteiger charge is 2.22. The number of carbonyl (C=O) groups is 1. The molecule has 3 nitrogen and oxygen atoms in total. The molecule has 0 N–H and O–H groups in total. The van der Waals surface area contributed by atoms with E-state index in [4.69, 9.17) is 4.74 Å². The second kappa shape index (κ2) is 7.69. The average molecular weight is 345 g/mol. The van der Waals surface area contributed by atoms with Crippen LogP contribution in [0.2, 0.25) is 0 Å². The maximum atomic E-state index is 12.6. The summed E-state index contributed by atoms with van der Waals surface area (Å²) in [7, 11) is 0. The molecule has 3 aromatic rings. The lowest BCUT2D eigenvalue weighted by molar-refractivity contribution is 0.0889. The SMILES string of the molecule is O=C(c1ccc(OCc2ccc3ccccc3n2)cc1)C1CCCCC1. The van der Waals surface area contributed by atoms with Gasteiger partial charge in [0.15, 0.2) is 5.78 Å². The van der Waals surface area contributed by atoms with E-state index in [1.165, 1.54) is 19.3 Å². The Morgan fingerprint density at radius 2 is 1.69 bits per heavy atom. The summed E-state index contributed by atoms with van der Waals surface area (Å²) in [5, 5.41) is 1.13. The van der Waals surface area contributed by atoms with Crippen LogP contribution in [0.5, 0.6) is 5.75 Å². The quantitative estimate of drug-likeness (QED) is 0.567.